The smallest absolute Gasteiger partial charge is 0.337 e. The number of hydrogen-bond donors (Lipinski definition) is 0. The quantitative estimate of drug-likeness (QED) is 0.397. The van der Waals surface area contributed by atoms with Crippen LogP contribution in [-0.2, 0) is 21.3 Å². The standard InChI is InChI=1S/C30H36N2O6S/c1-36-30(33)21-10-12-24-26(17-21)32-15-16-37-27-18-22(38-23-9-6-14-31(19-23)39(2,34)35)11-13-25(27)29(32)28(24)20-7-4-3-5-8-20/h10-13,17-18,20,23H,3-9,14-16,19H2,1-2H3. The minimum atomic E-state index is -3.25. The molecule has 2 fully saturated rings. The number of piperidine rings is 1. The van der Waals surface area contributed by atoms with E-state index >= 15 is 0 Å². The van der Waals surface area contributed by atoms with Crippen LogP contribution in [0.25, 0.3) is 22.2 Å². The van der Waals surface area contributed by atoms with Crippen LogP contribution in [0.3, 0.4) is 0 Å². The molecule has 1 unspecified atom stereocenters. The summed E-state index contributed by atoms with van der Waals surface area (Å²) in [5, 5.41) is 1.20. The van der Waals surface area contributed by atoms with Crippen molar-refractivity contribution in [1.82, 2.24) is 8.87 Å². The van der Waals surface area contributed by atoms with E-state index in [4.69, 9.17) is 14.2 Å². The van der Waals surface area contributed by atoms with Gasteiger partial charge in [-0.05, 0) is 61.4 Å². The van der Waals surface area contributed by atoms with Gasteiger partial charge in [-0.15, -0.1) is 0 Å². The predicted molar refractivity (Wildman–Crippen MR) is 150 cm³/mol. The van der Waals surface area contributed by atoms with Crippen LogP contribution < -0.4 is 9.47 Å². The van der Waals surface area contributed by atoms with Crippen LogP contribution in [0.15, 0.2) is 36.4 Å². The molecule has 1 saturated heterocycles. The Morgan fingerprint density at radius 1 is 1.00 bits per heavy atom. The van der Waals surface area contributed by atoms with Gasteiger partial charge in [0.2, 0.25) is 10.0 Å². The third-order valence-electron chi connectivity index (χ3n) is 8.43. The number of rotatable bonds is 5. The summed E-state index contributed by atoms with van der Waals surface area (Å²) in [6.07, 6.45) is 8.67. The maximum atomic E-state index is 12.4. The molecule has 0 spiro atoms. The molecule has 39 heavy (non-hydrogen) atoms. The molecule has 0 N–H and O–H groups in total. The third kappa shape index (κ3) is 5.02. The zero-order chi connectivity index (χ0) is 27.1. The van der Waals surface area contributed by atoms with E-state index in [0.717, 1.165) is 42.5 Å². The van der Waals surface area contributed by atoms with Gasteiger partial charge in [0.15, 0.2) is 0 Å². The van der Waals surface area contributed by atoms with E-state index in [1.807, 2.05) is 24.3 Å². The maximum Gasteiger partial charge on any atom is 0.337 e. The minimum Gasteiger partial charge on any atom is -0.491 e. The highest BCUT2D eigenvalue weighted by Crippen LogP contribution is 2.48. The van der Waals surface area contributed by atoms with Crippen LogP contribution in [0, 0.1) is 0 Å². The van der Waals surface area contributed by atoms with Crippen LogP contribution in [0.4, 0.5) is 0 Å². The average molecular weight is 553 g/mol. The Labute approximate surface area is 229 Å². The van der Waals surface area contributed by atoms with E-state index in [9.17, 15) is 13.2 Å². The maximum absolute atomic E-state index is 12.4. The number of methoxy groups -OCH3 is 1. The molecule has 3 aromatic rings. The summed E-state index contributed by atoms with van der Waals surface area (Å²) in [4.78, 5) is 12.4. The van der Waals surface area contributed by atoms with Gasteiger partial charge in [-0.25, -0.2) is 13.2 Å². The lowest BCUT2D eigenvalue weighted by Crippen LogP contribution is -2.43. The lowest BCUT2D eigenvalue weighted by Gasteiger charge is -2.31. The fourth-order valence-electron chi connectivity index (χ4n) is 6.58. The molecule has 208 valence electrons. The summed E-state index contributed by atoms with van der Waals surface area (Å²) in [5.41, 5.74) is 5.12. The second-order valence-corrected chi connectivity index (χ2v) is 13.0. The molecule has 0 amide bonds. The van der Waals surface area contributed by atoms with Gasteiger partial charge in [-0.2, -0.15) is 4.31 Å². The lowest BCUT2D eigenvalue weighted by atomic mass is 9.81. The number of carbonyl (C=O) groups excluding carboxylic acids is 1. The highest BCUT2D eigenvalue weighted by atomic mass is 32.2. The number of fused-ring (bicyclic) bond motifs is 5. The summed E-state index contributed by atoms with van der Waals surface area (Å²) in [5.74, 6) is 1.57. The number of aromatic nitrogens is 1. The molecule has 3 aliphatic rings. The van der Waals surface area contributed by atoms with Gasteiger partial charge in [0.05, 0.1) is 37.7 Å². The molecule has 0 radical (unpaired) electrons. The largest absolute Gasteiger partial charge is 0.491 e. The van der Waals surface area contributed by atoms with Crippen molar-refractivity contribution in [2.75, 3.05) is 33.1 Å². The highest BCUT2D eigenvalue weighted by molar-refractivity contribution is 7.88. The Balaban J connectivity index is 1.41. The van der Waals surface area contributed by atoms with Gasteiger partial charge in [0.1, 0.15) is 24.2 Å². The average Bonchev–Trinajstić information content (AvgIpc) is 3.14. The van der Waals surface area contributed by atoms with Crippen molar-refractivity contribution in [3.63, 3.8) is 0 Å². The molecule has 0 bridgehead atoms. The van der Waals surface area contributed by atoms with E-state index in [1.54, 1.807) is 0 Å². The van der Waals surface area contributed by atoms with Gasteiger partial charge in [-0.1, -0.05) is 25.3 Å². The number of sulfonamides is 1. The number of nitrogens with zero attached hydrogens (tertiary/aromatic N) is 2. The van der Waals surface area contributed by atoms with Crippen LogP contribution >= 0.6 is 0 Å². The highest BCUT2D eigenvalue weighted by Gasteiger charge is 2.31. The van der Waals surface area contributed by atoms with Crippen molar-refractivity contribution in [2.45, 2.75) is 63.5 Å². The topological polar surface area (TPSA) is 87.1 Å². The van der Waals surface area contributed by atoms with Crippen molar-refractivity contribution in [3.05, 3.63) is 47.5 Å². The van der Waals surface area contributed by atoms with Gasteiger partial charge >= 0.3 is 5.97 Å². The van der Waals surface area contributed by atoms with E-state index in [1.165, 1.54) is 53.6 Å². The Kier molecular flexibility index (Phi) is 7.05. The number of ether oxygens (including phenoxy) is 3. The van der Waals surface area contributed by atoms with Crippen LogP contribution in [0.1, 0.15) is 66.8 Å². The molecule has 1 atom stereocenters. The van der Waals surface area contributed by atoms with Crippen molar-refractivity contribution in [2.24, 2.45) is 0 Å². The molecule has 2 aliphatic heterocycles. The Bertz CT molecular complexity index is 1510. The second-order valence-electron chi connectivity index (χ2n) is 11.0. The number of benzene rings is 2. The number of hydrogen-bond acceptors (Lipinski definition) is 6. The second kappa shape index (κ2) is 10.5. The lowest BCUT2D eigenvalue weighted by molar-refractivity contribution is 0.0601. The van der Waals surface area contributed by atoms with Crippen LogP contribution in [-0.4, -0.2) is 62.4 Å². The first-order valence-corrected chi connectivity index (χ1v) is 15.8. The van der Waals surface area contributed by atoms with Crippen molar-refractivity contribution < 1.29 is 27.4 Å². The third-order valence-corrected chi connectivity index (χ3v) is 9.70. The summed E-state index contributed by atoms with van der Waals surface area (Å²) in [6.45, 7) is 2.06. The molecule has 1 aromatic heterocycles. The molecule has 6 rings (SSSR count). The zero-order valence-electron chi connectivity index (χ0n) is 22.6. The van der Waals surface area contributed by atoms with Gasteiger partial charge < -0.3 is 18.8 Å². The molecular weight excluding hydrogens is 516 g/mol. The minimum absolute atomic E-state index is 0.196. The SMILES string of the molecule is COC(=O)c1ccc2c(C3CCCCC3)c3n(c2c1)CCOc1cc(OC2CCCN(S(C)(=O)=O)C2)ccc1-3. The fourth-order valence-corrected chi connectivity index (χ4v) is 7.48. The normalized spacial score (nSPS) is 20.5. The molecule has 1 aliphatic carbocycles. The van der Waals surface area contributed by atoms with Crippen molar-refractivity contribution in [3.8, 4) is 22.8 Å². The molecular formula is C30H36N2O6S. The first kappa shape index (κ1) is 26.2. The van der Waals surface area contributed by atoms with E-state index in [2.05, 4.69) is 16.7 Å². The molecule has 9 heteroatoms. The van der Waals surface area contributed by atoms with E-state index in [-0.39, 0.29) is 12.1 Å². The van der Waals surface area contributed by atoms with Crippen molar-refractivity contribution in [1.29, 1.82) is 0 Å². The van der Waals surface area contributed by atoms with Crippen LogP contribution in [0.5, 0.6) is 11.5 Å². The first-order valence-electron chi connectivity index (χ1n) is 14.0. The summed E-state index contributed by atoms with van der Waals surface area (Å²) < 4.78 is 45.5. The Morgan fingerprint density at radius 2 is 1.82 bits per heavy atom. The van der Waals surface area contributed by atoms with Gasteiger partial charge in [0.25, 0.3) is 0 Å². The summed E-state index contributed by atoms with van der Waals surface area (Å²) in [7, 11) is -1.83. The summed E-state index contributed by atoms with van der Waals surface area (Å²) in [6, 6.07) is 11.9. The van der Waals surface area contributed by atoms with Gasteiger partial charge in [0, 0.05) is 29.1 Å². The molecule has 3 heterocycles. The Morgan fingerprint density at radius 3 is 2.59 bits per heavy atom. The Hall–Kier alpha value is -3.04. The molecule has 2 aromatic carbocycles. The zero-order valence-corrected chi connectivity index (χ0v) is 23.5. The van der Waals surface area contributed by atoms with E-state index in [0.29, 0.717) is 43.5 Å². The van der Waals surface area contributed by atoms with Crippen LogP contribution in [0.2, 0.25) is 0 Å². The number of carbonyl (C=O) groups is 1. The number of esters is 1. The predicted octanol–water partition coefficient (Wildman–Crippen LogP) is 5.34. The van der Waals surface area contributed by atoms with E-state index < -0.39 is 10.0 Å². The van der Waals surface area contributed by atoms with Gasteiger partial charge in [-0.3, -0.25) is 0 Å². The monoisotopic (exact) mass is 552 g/mol. The van der Waals surface area contributed by atoms with Crippen molar-refractivity contribution >= 4 is 26.9 Å². The summed E-state index contributed by atoms with van der Waals surface area (Å²) >= 11 is 0. The first-order chi connectivity index (χ1) is 18.8. The molecule has 1 saturated carbocycles. The molecule has 8 nitrogen and oxygen atoms in total. The fraction of sp³-hybridized carbons (Fsp3) is 0.500.